The lowest BCUT2D eigenvalue weighted by Gasteiger charge is -2.20. The van der Waals surface area contributed by atoms with Crippen LogP contribution in [0.5, 0.6) is 5.75 Å². The van der Waals surface area contributed by atoms with Gasteiger partial charge in [0.25, 0.3) is 0 Å². The fourth-order valence-electron chi connectivity index (χ4n) is 2.14. The maximum Gasteiger partial charge on any atom is 0.137 e. The number of ether oxygens (including phenoxy) is 1. The van der Waals surface area contributed by atoms with Crippen LogP contribution >= 0.6 is 0 Å². The molecule has 2 aromatic rings. The van der Waals surface area contributed by atoms with Gasteiger partial charge >= 0.3 is 0 Å². The van der Waals surface area contributed by atoms with Gasteiger partial charge in [-0.2, -0.15) is 0 Å². The Hall–Kier alpha value is -2.01. The van der Waals surface area contributed by atoms with E-state index in [9.17, 15) is 8.78 Å². The number of aromatic nitrogens is 1. The van der Waals surface area contributed by atoms with Crippen molar-refractivity contribution in [1.29, 1.82) is 0 Å². The average molecular weight is 292 g/mol. The molecule has 3 nitrogen and oxygen atoms in total. The van der Waals surface area contributed by atoms with Gasteiger partial charge in [0.2, 0.25) is 0 Å². The topological polar surface area (TPSA) is 34.2 Å². The first-order valence-corrected chi connectivity index (χ1v) is 6.83. The highest BCUT2D eigenvalue weighted by molar-refractivity contribution is 5.35. The van der Waals surface area contributed by atoms with Crippen molar-refractivity contribution in [3.8, 4) is 5.75 Å². The van der Waals surface area contributed by atoms with Crippen LogP contribution in [0, 0.1) is 11.6 Å². The van der Waals surface area contributed by atoms with Crippen LogP contribution in [0.2, 0.25) is 0 Å². The van der Waals surface area contributed by atoms with Crippen molar-refractivity contribution in [2.24, 2.45) is 0 Å². The van der Waals surface area contributed by atoms with Crippen LogP contribution in [-0.4, -0.2) is 18.6 Å². The van der Waals surface area contributed by atoms with E-state index in [1.54, 1.807) is 25.6 Å². The third-order valence-corrected chi connectivity index (χ3v) is 3.18. The second kappa shape index (κ2) is 7.13. The number of nitrogens with zero attached hydrogens (tertiary/aromatic N) is 1. The Bertz CT molecular complexity index is 605. The van der Waals surface area contributed by atoms with E-state index in [-0.39, 0.29) is 0 Å². The summed E-state index contributed by atoms with van der Waals surface area (Å²) in [5, 5.41) is 3.26. The maximum atomic E-state index is 14.1. The Labute approximate surface area is 123 Å². The number of hydrogen-bond donors (Lipinski definition) is 1. The normalized spacial score (nSPS) is 12.2. The summed E-state index contributed by atoms with van der Waals surface area (Å²) in [5.41, 5.74) is 1.16. The monoisotopic (exact) mass is 292 g/mol. The second-order valence-electron chi connectivity index (χ2n) is 4.71. The molecule has 0 aliphatic rings. The van der Waals surface area contributed by atoms with Gasteiger partial charge in [-0.15, -0.1) is 0 Å². The van der Waals surface area contributed by atoms with E-state index in [2.05, 4.69) is 10.3 Å². The van der Waals surface area contributed by atoms with Crippen molar-refractivity contribution >= 4 is 0 Å². The van der Waals surface area contributed by atoms with Crippen molar-refractivity contribution in [2.45, 2.75) is 19.4 Å². The lowest BCUT2D eigenvalue weighted by atomic mass is 9.99. The van der Waals surface area contributed by atoms with Crippen LogP contribution in [0.3, 0.4) is 0 Å². The fraction of sp³-hybridized carbons (Fsp3) is 0.312. The first kappa shape index (κ1) is 15.4. The molecule has 5 heteroatoms. The molecule has 1 unspecified atom stereocenters. The van der Waals surface area contributed by atoms with Crippen LogP contribution in [0.25, 0.3) is 0 Å². The summed E-state index contributed by atoms with van der Waals surface area (Å²) in [7, 11) is 1.55. The molecule has 0 radical (unpaired) electrons. The minimum absolute atomic E-state index is 0.389. The number of benzene rings is 1. The zero-order valence-electron chi connectivity index (χ0n) is 12.1. The Kier molecular flexibility index (Phi) is 5.22. The summed E-state index contributed by atoms with van der Waals surface area (Å²) < 4.78 is 32.3. The molecule has 1 N–H and O–H groups in total. The molecule has 1 heterocycles. The second-order valence-corrected chi connectivity index (χ2v) is 4.71. The molecule has 1 aromatic carbocycles. The SMILES string of the molecule is CCCNC(c1cncc(OC)c1)c1ccc(F)cc1F. The fourth-order valence-corrected chi connectivity index (χ4v) is 2.14. The van der Waals surface area contributed by atoms with Gasteiger partial charge in [0.05, 0.1) is 19.3 Å². The van der Waals surface area contributed by atoms with Gasteiger partial charge in [-0.25, -0.2) is 8.78 Å². The van der Waals surface area contributed by atoms with E-state index in [0.29, 0.717) is 17.9 Å². The van der Waals surface area contributed by atoms with E-state index in [1.807, 2.05) is 6.92 Å². The molecular weight excluding hydrogens is 274 g/mol. The molecule has 0 aliphatic carbocycles. The standard InChI is InChI=1S/C16H18F2N2O/c1-3-6-20-16(11-7-13(21-2)10-19-9-11)14-5-4-12(17)8-15(14)18/h4-5,7-10,16,20H,3,6H2,1-2H3. The van der Waals surface area contributed by atoms with Crippen LogP contribution < -0.4 is 10.1 Å². The molecule has 0 saturated carbocycles. The summed E-state index contributed by atoms with van der Waals surface area (Å²) in [5.74, 6) is -0.570. The van der Waals surface area contributed by atoms with Gasteiger partial charge in [0.1, 0.15) is 17.4 Å². The molecule has 0 amide bonds. The molecular formula is C16H18F2N2O. The van der Waals surface area contributed by atoms with Crippen molar-refractivity contribution in [3.05, 3.63) is 59.4 Å². The lowest BCUT2D eigenvalue weighted by Crippen LogP contribution is -2.24. The average Bonchev–Trinajstić information content (AvgIpc) is 2.49. The summed E-state index contributed by atoms with van der Waals surface area (Å²) in [6.07, 6.45) is 4.14. The number of hydrogen-bond acceptors (Lipinski definition) is 3. The highest BCUT2D eigenvalue weighted by Crippen LogP contribution is 2.26. The number of pyridine rings is 1. The predicted octanol–water partition coefficient (Wildman–Crippen LogP) is 3.46. The van der Waals surface area contributed by atoms with Crippen molar-refractivity contribution < 1.29 is 13.5 Å². The molecule has 112 valence electrons. The van der Waals surface area contributed by atoms with E-state index in [4.69, 9.17) is 4.74 Å². The molecule has 21 heavy (non-hydrogen) atoms. The third-order valence-electron chi connectivity index (χ3n) is 3.18. The molecule has 0 bridgehead atoms. The van der Waals surface area contributed by atoms with E-state index in [1.165, 1.54) is 12.1 Å². The molecule has 0 spiro atoms. The summed E-state index contributed by atoms with van der Waals surface area (Å²) in [6, 6.07) is 5.00. The van der Waals surface area contributed by atoms with Gasteiger partial charge in [0.15, 0.2) is 0 Å². The Morgan fingerprint density at radius 1 is 1.24 bits per heavy atom. The lowest BCUT2D eigenvalue weighted by molar-refractivity contribution is 0.411. The Morgan fingerprint density at radius 2 is 2.05 bits per heavy atom. The summed E-state index contributed by atoms with van der Waals surface area (Å²) >= 11 is 0. The predicted molar refractivity (Wildman–Crippen MR) is 77.3 cm³/mol. The highest BCUT2D eigenvalue weighted by Gasteiger charge is 2.18. The van der Waals surface area contributed by atoms with Gasteiger partial charge < -0.3 is 10.1 Å². The minimum atomic E-state index is -0.589. The first-order valence-electron chi connectivity index (χ1n) is 6.83. The number of nitrogens with one attached hydrogen (secondary N) is 1. The van der Waals surface area contributed by atoms with Crippen LogP contribution in [0.4, 0.5) is 8.78 Å². The summed E-state index contributed by atoms with van der Waals surface area (Å²) in [6.45, 7) is 2.73. The number of halogens is 2. The van der Waals surface area contributed by atoms with Gasteiger partial charge in [-0.05, 0) is 30.7 Å². The maximum absolute atomic E-state index is 14.1. The smallest absolute Gasteiger partial charge is 0.137 e. The Balaban J connectivity index is 2.41. The minimum Gasteiger partial charge on any atom is -0.495 e. The number of methoxy groups -OCH3 is 1. The molecule has 1 atom stereocenters. The van der Waals surface area contributed by atoms with Crippen LogP contribution in [0.15, 0.2) is 36.7 Å². The highest BCUT2D eigenvalue weighted by atomic mass is 19.1. The van der Waals surface area contributed by atoms with Gasteiger partial charge in [-0.3, -0.25) is 4.98 Å². The van der Waals surface area contributed by atoms with Crippen molar-refractivity contribution in [3.63, 3.8) is 0 Å². The van der Waals surface area contributed by atoms with E-state index in [0.717, 1.165) is 18.1 Å². The van der Waals surface area contributed by atoms with Crippen LogP contribution in [0.1, 0.15) is 30.5 Å². The van der Waals surface area contributed by atoms with E-state index >= 15 is 0 Å². The van der Waals surface area contributed by atoms with Crippen molar-refractivity contribution in [2.75, 3.05) is 13.7 Å². The number of rotatable bonds is 6. The zero-order valence-corrected chi connectivity index (χ0v) is 12.1. The summed E-state index contributed by atoms with van der Waals surface area (Å²) in [4.78, 5) is 4.10. The van der Waals surface area contributed by atoms with Gasteiger partial charge in [-0.1, -0.05) is 13.0 Å². The third kappa shape index (κ3) is 3.76. The largest absolute Gasteiger partial charge is 0.495 e. The molecule has 1 aromatic heterocycles. The zero-order chi connectivity index (χ0) is 15.2. The molecule has 0 aliphatic heterocycles. The van der Waals surface area contributed by atoms with Gasteiger partial charge in [0, 0.05) is 17.8 Å². The quantitative estimate of drug-likeness (QED) is 0.885. The first-order chi connectivity index (χ1) is 10.2. The van der Waals surface area contributed by atoms with E-state index < -0.39 is 17.7 Å². The Morgan fingerprint density at radius 3 is 2.71 bits per heavy atom. The molecule has 0 saturated heterocycles. The van der Waals surface area contributed by atoms with Crippen molar-refractivity contribution in [1.82, 2.24) is 10.3 Å². The molecule has 0 fully saturated rings. The molecule has 2 rings (SSSR count). The van der Waals surface area contributed by atoms with Crippen LogP contribution in [-0.2, 0) is 0 Å².